The molecule has 1 saturated heterocycles. The van der Waals surface area contributed by atoms with Gasteiger partial charge in [-0.05, 0) is 36.8 Å². The Morgan fingerprint density at radius 2 is 1.79 bits per heavy atom. The maximum Gasteiger partial charge on any atom is 0.240 e. The summed E-state index contributed by atoms with van der Waals surface area (Å²) < 4.78 is 0. The van der Waals surface area contributed by atoms with Gasteiger partial charge in [0.2, 0.25) is 11.1 Å². The molecule has 6 heteroatoms. The molecule has 2 aromatic carbocycles. The lowest BCUT2D eigenvalue weighted by atomic mass is 10.1. The molecule has 0 spiro atoms. The highest BCUT2D eigenvalue weighted by atomic mass is 32.2. The number of aryl methyl sites for hydroxylation is 1. The number of aromatic amines is 1. The van der Waals surface area contributed by atoms with Crippen LogP contribution in [0.1, 0.15) is 42.6 Å². The number of rotatable bonds is 6. The molecular formula is C23H26N4OS. The number of amides is 1. The SMILES string of the molecule is CCc1ccc(-c2nc(S[C@H](C(=O)N3CCCCC3)c3ccccc3)n[nH]2)cc1. The summed E-state index contributed by atoms with van der Waals surface area (Å²) in [6.07, 6.45) is 4.37. The molecule has 0 radical (unpaired) electrons. The summed E-state index contributed by atoms with van der Waals surface area (Å²) in [7, 11) is 0. The molecule has 5 nitrogen and oxygen atoms in total. The van der Waals surface area contributed by atoms with Gasteiger partial charge < -0.3 is 4.90 Å². The highest BCUT2D eigenvalue weighted by Crippen LogP contribution is 2.36. The average Bonchev–Trinajstić information content (AvgIpc) is 3.27. The van der Waals surface area contributed by atoms with Crippen molar-refractivity contribution in [2.45, 2.75) is 43.0 Å². The van der Waals surface area contributed by atoms with Crippen LogP contribution in [0, 0.1) is 0 Å². The molecule has 1 N–H and O–H groups in total. The first kappa shape index (κ1) is 19.7. The lowest BCUT2D eigenvalue weighted by molar-refractivity contribution is -0.131. The molecule has 1 aromatic heterocycles. The molecule has 29 heavy (non-hydrogen) atoms. The highest BCUT2D eigenvalue weighted by Gasteiger charge is 2.29. The van der Waals surface area contributed by atoms with Crippen LogP contribution in [-0.4, -0.2) is 39.1 Å². The third-order valence-corrected chi connectivity index (χ3v) is 6.42. The number of benzene rings is 2. The molecule has 1 aliphatic rings. The number of carbonyl (C=O) groups is 1. The van der Waals surface area contributed by atoms with Crippen LogP contribution in [0.25, 0.3) is 11.4 Å². The number of carbonyl (C=O) groups excluding carboxylic acids is 1. The third kappa shape index (κ3) is 4.70. The lowest BCUT2D eigenvalue weighted by Crippen LogP contribution is -2.38. The molecule has 0 unspecified atom stereocenters. The first-order valence-electron chi connectivity index (χ1n) is 10.3. The summed E-state index contributed by atoms with van der Waals surface area (Å²) in [4.78, 5) is 19.9. The Hall–Kier alpha value is -2.60. The summed E-state index contributed by atoms with van der Waals surface area (Å²) >= 11 is 1.42. The smallest absolute Gasteiger partial charge is 0.240 e. The number of hydrogen-bond acceptors (Lipinski definition) is 4. The van der Waals surface area contributed by atoms with Gasteiger partial charge in [-0.3, -0.25) is 9.89 Å². The zero-order valence-electron chi connectivity index (χ0n) is 16.7. The number of hydrogen-bond donors (Lipinski definition) is 1. The van der Waals surface area contributed by atoms with Crippen molar-refractivity contribution in [3.63, 3.8) is 0 Å². The Balaban J connectivity index is 1.56. The van der Waals surface area contributed by atoms with Crippen molar-refractivity contribution in [3.05, 3.63) is 65.7 Å². The van der Waals surface area contributed by atoms with Crippen LogP contribution >= 0.6 is 11.8 Å². The minimum atomic E-state index is -0.333. The van der Waals surface area contributed by atoms with Crippen LogP contribution in [0.5, 0.6) is 0 Å². The van der Waals surface area contributed by atoms with E-state index in [1.54, 1.807) is 0 Å². The summed E-state index contributed by atoms with van der Waals surface area (Å²) in [5.41, 5.74) is 3.28. The number of thioether (sulfide) groups is 1. The molecule has 1 amide bonds. The minimum absolute atomic E-state index is 0.152. The molecule has 3 aromatic rings. The van der Waals surface area contributed by atoms with E-state index in [1.807, 2.05) is 35.2 Å². The van der Waals surface area contributed by atoms with Crippen LogP contribution in [0.15, 0.2) is 59.8 Å². The van der Waals surface area contributed by atoms with Crippen LogP contribution in [0.2, 0.25) is 0 Å². The van der Waals surface area contributed by atoms with Gasteiger partial charge in [0.15, 0.2) is 5.82 Å². The Kier molecular flexibility index (Phi) is 6.30. The monoisotopic (exact) mass is 406 g/mol. The van der Waals surface area contributed by atoms with Gasteiger partial charge >= 0.3 is 0 Å². The van der Waals surface area contributed by atoms with Crippen molar-refractivity contribution in [1.82, 2.24) is 20.1 Å². The fourth-order valence-electron chi connectivity index (χ4n) is 3.60. The normalized spacial score (nSPS) is 15.3. The highest BCUT2D eigenvalue weighted by molar-refractivity contribution is 8.00. The number of nitrogens with zero attached hydrogens (tertiary/aromatic N) is 3. The van der Waals surface area contributed by atoms with E-state index < -0.39 is 0 Å². The molecule has 0 saturated carbocycles. The van der Waals surface area contributed by atoms with E-state index in [0.29, 0.717) is 5.16 Å². The van der Waals surface area contributed by atoms with Gasteiger partial charge in [-0.1, -0.05) is 73.3 Å². The van der Waals surface area contributed by atoms with Gasteiger partial charge in [0.1, 0.15) is 5.25 Å². The Morgan fingerprint density at radius 3 is 2.48 bits per heavy atom. The van der Waals surface area contributed by atoms with E-state index in [9.17, 15) is 4.79 Å². The van der Waals surface area contributed by atoms with Crippen LogP contribution in [-0.2, 0) is 11.2 Å². The van der Waals surface area contributed by atoms with Crippen LogP contribution < -0.4 is 0 Å². The second kappa shape index (κ2) is 9.27. The fraction of sp³-hybridized carbons (Fsp3) is 0.348. The molecule has 0 aliphatic carbocycles. The molecule has 1 aliphatic heterocycles. The van der Waals surface area contributed by atoms with Crippen molar-refractivity contribution in [1.29, 1.82) is 0 Å². The third-order valence-electron chi connectivity index (χ3n) is 5.32. The molecule has 1 fully saturated rings. The minimum Gasteiger partial charge on any atom is -0.341 e. The fourth-order valence-corrected chi connectivity index (χ4v) is 4.60. The average molecular weight is 407 g/mol. The van der Waals surface area contributed by atoms with E-state index in [0.717, 1.165) is 49.3 Å². The molecular weight excluding hydrogens is 380 g/mol. The quantitative estimate of drug-likeness (QED) is 0.593. The zero-order chi connectivity index (χ0) is 20.1. The first-order chi connectivity index (χ1) is 14.2. The van der Waals surface area contributed by atoms with Gasteiger partial charge in [-0.15, -0.1) is 5.10 Å². The second-order valence-electron chi connectivity index (χ2n) is 7.31. The molecule has 4 rings (SSSR count). The molecule has 0 bridgehead atoms. The van der Waals surface area contributed by atoms with Gasteiger partial charge in [0, 0.05) is 18.7 Å². The number of likely N-dealkylation sites (tertiary alicyclic amines) is 1. The Labute approximate surface area is 175 Å². The van der Waals surface area contributed by atoms with Crippen molar-refractivity contribution in [2.75, 3.05) is 13.1 Å². The van der Waals surface area contributed by atoms with Crippen LogP contribution in [0.3, 0.4) is 0 Å². The topological polar surface area (TPSA) is 61.9 Å². The molecule has 2 heterocycles. The maximum atomic E-state index is 13.3. The Bertz CT molecular complexity index is 933. The Morgan fingerprint density at radius 1 is 1.07 bits per heavy atom. The van der Waals surface area contributed by atoms with Gasteiger partial charge in [-0.25, -0.2) is 4.98 Å². The van der Waals surface area contributed by atoms with Gasteiger partial charge in [0.25, 0.3) is 0 Å². The molecule has 150 valence electrons. The van der Waals surface area contributed by atoms with E-state index in [4.69, 9.17) is 0 Å². The van der Waals surface area contributed by atoms with Gasteiger partial charge in [0.05, 0.1) is 0 Å². The predicted octanol–water partition coefficient (Wildman–Crippen LogP) is 4.88. The van der Waals surface area contributed by atoms with E-state index in [2.05, 4.69) is 46.4 Å². The standard InChI is InChI=1S/C23H26N4OS/c1-2-17-11-13-19(14-12-17)21-24-23(26-25-21)29-20(18-9-5-3-6-10-18)22(28)27-15-7-4-8-16-27/h3,5-6,9-14,20H,2,4,7-8,15-16H2,1H3,(H,24,25,26)/t20-/m0/s1. The van der Waals surface area contributed by atoms with Crippen molar-refractivity contribution >= 4 is 17.7 Å². The summed E-state index contributed by atoms with van der Waals surface area (Å²) in [6, 6.07) is 18.3. The second-order valence-corrected chi connectivity index (χ2v) is 8.38. The summed E-state index contributed by atoms with van der Waals surface area (Å²) in [5.74, 6) is 0.881. The van der Waals surface area contributed by atoms with Crippen molar-refractivity contribution in [3.8, 4) is 11.4 Å². The lowest BCUT2D eigenvalue weighted by Gasteiger charge is -2.30. The summed E-state index contributed by atoms with van der Waals surface area (Å²) in [5, 5.41) is 7.68. The molecule has 1 atom stereocenters. The zero-order valence-corrected chi connectivity index (χ0v) is 17.5. The number of H-pyrrole nitrogens is 1. The number of piperidine rings is 1. The van der Waals surface area contributed by atoms with Crippen molar-refractivity contribution in [2.24, 2.45) is 0 Å². The van der Waals surface area contributed by atoms with Gasteiger partial charge in [-0.2, -0.15) is 0 Å². The van der Waals surface area contributed by atoms with Crippen molar-refractivity contribution < 1.29 is 4.79 Å². The summed E-state index contributed by atoms with van der Waals surface area (Å²) in [6.45, 7) is 3.82. The van der Waals surface area contributed by atoms with E-state index in [-0.39, 0.29) is 11.2 Å². The van der Waals surface area contributed by atoms with E-state index >= 15 is 0 Å². The maximum absolute atomic E-state index is 13.3. The predicted molar refractivity (Wildman–Crippen MR) is 117 cm³/mol. The first-order valence-corrected chi connectivity index (χ1v) is 11.1. The van der Waals surface area contributed by atoms with E-state index in [1.165, 1.54) is 23.7 Å². The van der Waals surface area contributed by atoms with Crippen LogP contribution in [0.4, 0.5) is 0 Å². The largest absolute Gasteiger partial charge is 0.341 e. The number of nitrogens with one attached hydrogen (secondary N) is 1. The number of aromatic nitrogens is 3.